The summed E-state index contributed by atoms with van der Waals surface area (Å²) >= 11 is 0. The lowest BCUT2D eigenvalue weighted by Gasteiger charge is -2.35. The second-order valence-electron chi connectivity index (χ2n) is 5.14. The Hall–Kier alpha value is -0.570. The van der Waals surface area contributed by atoms with E-state index in [9.17, 15) is 4.79 Å². The molecule has 0 bridgehead atoms. The average Bonchev–Trinajstić information content (AvgIpc) is 2.17. The van der Waals surface area contributed by atoms with Gasteiger partial charge in [0.2, 0.25) is 5.91 Å². The maximum atomic E-state index is 11.8. The van der Waals surface area contributed by atoms with E-state index in [0.717, 1.165) is 25.9 Å². The van der Waals surface area contributed by atoms with Crippen molar-refractivity contribution in [1.82, 2.24) is 9.80 Å². The quantitative estimate of drug-likeness (QED) is 0.709. The molecule has 0 unspecified atom stereocenters. The highest BCUT2D eigenvalue weighted by molar-refractivity contribution is 5.76. The van der Waals surface area contributed by atoms with Crippen molar-refractivity contribution in [3.8, 4) is 0 Å². The minimum absolute atomic E-state index is 0.305. The lowest BCUT2D eigenvalue weighted by atomic mass is 10.0. The Bertz CT molecular complexity index is 208. The molecular weight excluding hydrogens is 188 g/mol. The summed E-state index contributed by atoms with van der Waals surface area (Å²) in [6.45, 7) is 6.43. The van der Waals surface area contributed by atoms with Crippen LogP contribution >= 0.6 is 0 Å². The van der Waals surface area contributed by atoms with Crippen molar-refractivity contribution in [2.45, 2.75) is 39.2 Å². The first-order valence-corrected chi connectivity index (χ1v) is 5.95. The van der Waals surface area contributed by atoms with Crippen LogP contribution in [0.1, 0.15) is 33.1 Å². The van der Waals surface area contributed by atoms with Gasteiger partial charge in [0.25, 0.3) is 0 Å². The number of hydrogen-bond donors (Lipinski definition) is 0. The average molecular weight is 212 g/mol. The van der Waals surface area contributed by atoms with Crippen molar-refractivity contribution in [2.24, 2.45) is 5.92 Å². The highest BCUT2D eigenvalue weighted by Crippen LogP contribution is 2.16. The third-order valence-electron chi connectivity index (χ3n) is 3.21. The molecule has 0 atom stereocenters. The Labute approximate surface area is 93.4 Å². The van der Waals surface area contributed by atoms with Gasteiger partial charge >= 0.3 is 0 Å². The molecule has 0 saturated carbocycles. The summed E-state index contributed by atoms with van der Waals surface area (Å²) < 4.78 is 0. The smallest absolute Gasteiger partial charge is 0.222 e. The Morgan fingerprint density at radius 2 is 1.93 bits per heavy atom. The van der Waals surface area contributed by atoms with Gasteiger partial charge in [0.15, 0.2) is 0 Å². The molecule has 0 radical (unpaired) electrons. The number of hydrogen-bond acceptors (Lipinski definition) is 2. The summed E-state index contributed by atoms with van der Waals surface area (Å²) in [6, 6.07) is 0.465. The van der Waals surface area contributed by atoms with Gasteiger partial charge < -0.3 is 9.80 Å². The second kappa shape index (κ2) is 5.50. The summed E-state index contributed by atoms with van der Waals surface area (Å²) in [4.78, 5) is 16.1. The molecule has 0 aromatic carbocycles. The Morgan fingerprint density at radius 3 is 2.40 bits per heavy atom. The molecular formula is C12H24N2O. The number of carbonyl (C=O) groups is 1. The Morgan fingerprint density at radius 1 is 1.40 bits per heavy atom. The molecule has 0 aromatic heterocycles. The van der Waals surface area contributed by atoms with Crippen LogP contribution in [0.25, 0.3) is 0 Å². The molecule has 15 heavy (non-hydrogen) atoms. The predicted octanol–water partition coefficient (Wildman–Crippen LogP) is 1.59. The van der Waals surface area contributed by atoms with Crippen LogP contribution in [0.3, 0.4) is 0 Å². The maximum absolute atomic E-state index is 11.8. The van der Waals surface area contributed by atoms with Gasteiger partial charge in [0.1, 0.15) is 0 Å². The van der Waals surface area contributed by atoms with E-state index in [0.29, 0.717) is 24.3 Å². The molecule has 3 heteroatoms. The Balaban J connectivity index is 2.39. The van der Waals surface area contributed by atoms with Crippen LogP contribution in [0.2, 0.25) is 0 Å². The van der Waals surface area contributed by atoms with Crippen molar-refractivity contribution < 1.29 is 4.79 Å². The van der Waals surface area contributed by atoms with Gasteiger partial charge in [0.05, 0.1) is 0 Å². The third kappa shape index (κ3) is 3.82. The van der Waals surface area contributed by atoms with Crippen LogP contribution in [-0.4, -0.2) is 48.9 Å². The number of piperidine rings is 1. The van der Waals surface area contributed by atoms with E-state index in [4.69, 9.17) is 0 Å². The molecule has 1 aliphatic rings. The highest BCUT2D eigenvalue weighted by Gasteiger charge is 2.23. The van der Waals surface area contributed by atoms with Gasteiger partial charge in [-0.15, -0.1) is 0 Å². The van der Waals surface area contributed by atoms with Crippen molar-refractivity contribution in [3.05, 3.63) is 0 Å². The van der Waals surface area contributed by atoms with Crippen LogP contribution in [0.4, 0.5) is 0 Å². The first-order valence-electron chi connectivity index (χ1n) is 5.95. The van der Waals surface area contributed by atoms with Gasteiger partial charge in [-0.05, 0) is 38.9 Å². The molecule has 3 nitrogen and oxygen atoms in total. The molecule has 1 aliphatic heterocycles. The number of carbonyl (C=O) groups excluding carboxylic acids is 1. The van der Waals surface area contributed by atoms with E-state index in [1.165, 1.54) is 0 Å². The topological polar surface area (TPSA) is 23.6 Å². The minimum Gasteiger partial charge on any atom is -0.343 e. The van der Waals surface area contributed by atoms with Crippen molar-refractivity contribution >= 4 is 5.91 Å². The monoisotopic (exact) mass is 212 g/mol. The maximum Gasteiger partial charge on any atom is 0.222 e. The molecule has 88 valence electrons. The third-order valence-corrected chi connectivity index (χ3v) is 3.21. The number of rotatable bonds is 3. The molecule has 0 spiro atoms. The largest absolute Gasteiger partial charge is 0.343 e. The van der Waals surface area contributed by atoms with E-state index in [2.05, 4.69) is 25.8 Å². The summed E-state index contributed by atoms with van der Waals surface area (Å²) in [5, 5.41) is 0. The standard InChI is InChI=1S/C12H24N2O/c1-10(2)9-12(15)14(4)11-5-7-13(3)8-6-11/h10-11H,5-9H2,1-4H3. The number of nitrogens with zero attached hydrogens (tertiary/aromatic N) is 2. The van der Waals surface area contributed by atoms with Gasteiger partial charge in [0, 0.05) is 19.5 Å². The van der Waals surface area contributed by atoms with Crippen molar-refractivity contribution in [1.29, 1.82) is 0 Å². The number of amides is 1. The van der Waals surface area contributed by atoms with Gasteiger partial charge in [-0.3, -0.25) is 4.79 Å². The zero-order chi connectivity index (χ0) is 11.4. The summed E-state index contributed by atoms with van der Waals surface area (Å²) in [5.74, 6) is 0.769. The first-order chi connectivity index (χ1) is 7.00. The van der Waals surface area contributed by atoms with E-state index in [1.807, 2.05) is 11.9 Å². The summed E-state index contributed by atoms with van der Waals surface area (Å²) in [5.41, 5.74) is 0. The van der Waals surface area contributed by atoms with Crippen LogP contribution in [0.15, 0.2) is 0 Å². The molecule has 1 heterocycles. The fraction of sp³-hybridized carbons (Fsp3) is 0.917. The Kier molecular flexibility index (Phi) is 4.58. The van der Waals surface area contributed by atoms with Gasteiger partial charge in [-0.1, -0.05) is 13.8 Å². The van der Waals surface area contributed by atoms with Crippen LogP contribution in [-0.2, 0) is 4.79 Å². The van der Waals surface area contributed by atoms with Gasteiger partial charge in [-0.25, -0.2) is 0 Å². The lowest BCUT2D eigenvalue weighted by molar-refractivity contribution is -0.133. The molecule has 1 saturated heterocycles. The van der Waals surface area contributed by atoms with Gasteiger partial charge in [-0.2, -0.15) is 0 Å². The van der Waals surface area contributed by atoms with Crippen LogP contribution < -0.4 is 0 Å². The van der Waals surface area contributed by atoms with Crippen LogP contribution in [0.5, 0.6) is 0 Å². The van der Waals surface area contributed by atoms with Crippen molar-refractivity contribution in [3.63, 3.8) is 0 Å². The predicted molar refractivity (Wildman–Crippen MR) is 62.7 cm³/mol. The van der Waals surface area contributed by atoms with E-state index >= 15 is 0 Å². The molecule has 1 rings (SSSR count). The fourth-order valence-corrected chi connectivity index (χ4v) is 2.08. The lowest BCUT2D eigenvalue weighted by Crippen LogP contribution is -2.44. The zero-order valence-electron chi connectivity index (χ0n) is 10.5. The fourth-order valence-electron chi connectivity index (χ4n) is 2.08. The molecule has 0 aliphatic carbocycles. The zero-order valence-corrected chi connectivity index (χ0v) is 10.5. The highest BCUT2D eigenvalue weighted by atomic mass is 16.2. The minimum atomic E-state index is 0.305. The SMILES string of the molecule is CC(C)CC(=O)N(C)C1CCN(C)CC1. The molecule has 1 fully saturated rings. The van der Waals surface area contributed by atoms with E-state index < -0.39 is 0 Å². The number of likely N-dealkylation sites (tertiary alicyclic amines) is 1. The van der Waals surface area contributed by atoms with Crippen LogP contribution in [0, 0.1) is 5.92 Å². The first kappa shape index (κ1) is 12.5. The summed E-state index contributed by atoms with van der Waals surface area (Å²) in [7, 11) is 4.10. The summed E-state index contributed by atoms with van der Waals surface area (Å²) in [6.07, 6.45) is 2.93. The van der Waals surface area contributed by atoms with Crippen molar-refractivity contribution in [2.75, 3.05) is 27.2 Å². The molecule has 0 N–H and O–H groups in total. The van der Waals surface area contributed by atoms with E-state index in [-0.39, 0.29) is 0 Å². The molecule has 1 amide bonds. The normalized spacial score (nSPS) is 19.5. The molecule has 0 aromatic rings. The second-order valence-corrected chi connectivity index (χ2v) is 5.14. The van der Waals surface area contributed by atoms with E-state index in [1.54, 1.807) is 0 Å².